The zero-order chi connectivity index (χ0) is 18.9. The van der Waals surface area contributed by atoms with Crippen LogP contribution in [0.25, 0.3) is 0 Å². The number of benzene rings is 1. The summed E-state index contributed by atoms with van der Waals surface area (Å²) in [4.78, 5) is 7.05. The van der Waals surface area contributed by atoms with Gasteiger partial charge >= 0.3 is 0 Å². The van der Waals surface area contributed by atoms with Gasteiger partial charge in [0.25, 0.3) is 0 Å². The number of aliphatic imine (C=N–C) groups is 1. The van der Waals surface area contributed by atoms with Crippen LogP contribution in [0.2, 0.25) is 0 Å². The summed E-state index contributed by atoms with van der Waals surface area (Å²) in [5, 5.41) is 6.46. The first-order valence-electron chi connectivity index (χ1n) is 9.29. The van der Waals surface area contributed by atoms with Crippen LogP contribution in [0.4, 0.5) is 8.78 Å². The summed E-state index contributed by atoms with van der Waals surface area (Å²) in [5.41, 5.74) is 0.677. The molecule has 0 bridgehead atoms. The van der Waals surface area contributed by atoms with E-state index >= 15 is 0 Å². The van der Waals surface area contributed by atoms with Crippen molar-refractivity contribution in [3.63, 3.8) is 0 Å². The predicted molar refractivity (Wildman–Crippen MR) is 100 cm³/mol. The van der Waals surface area contributed by atoms with Crippen LogP contribution in [-0.2, 0) is 4.74 Å². The smallest absolute Gasteiger partial charge is 0.191 e. The SMILES string of the molecule is CCNC(=NCC(C)CN1CCOCC1)NC(C)c1ccc(F)c(F)c1. The Kier molecular flexibility index (Phi) is 8.25. The highest BCUT2D eigenvalue weighted by Gasteiger charge is 2.14. The summed E-state index contributed by atoms with van der Waals surface area (Å²) in [7, 11) is 0. The molecule has 146 valence electrons. The van der Waals surface area contributed by atoms with Crippen LogP contribution in [0.3, 0.4) is 0 Å². The van der Waals surface area contributed by atoms with Crippen molar-refractivity contribution in [2.24, 2.45) is 10.9 Å². The first kappa shape index (κ1) is 20.6. The fourth-order valence-corrected chi connectivity index (χ4v) is 2.92. The van der Waals surface area contributed by atoms with Crippen molar-refractivity contribution < 1.29 is 13.5 Å². The number of rotatable bonds is 7. The summed E-state index contributed by atoms with van der Waals surface area (Å²) in [6.45, 7) is 12.0. The average Bonchev–Trinajstić information content (AvgIpc) is 2.63. The summed E-state index contributed by atoms with van der Waals surface area (Å²) < 4.78 is 31.9. The van der Waals surface area contributed by atoms with Crippen molar-refractivity contribution in [1.82, 2.24) is 15.5 Å². The molecule has 5 nitrogen and oxygen atoms in total. The molecule has 1 saturated heterocycles. The van der Waals surface area contributed by atoms with Gasteiger partial charge in [0.15, 0.2) is 17.6 Å². The normalized spacial score (nSPS) is 18.4. The monoisotopic (exact) mass is 368 g/mol. The average molecular weight is 368 g/mol. The quantitative estimate of drug-likeness (QED) is 0.574. The van der Waals surface area contributed by atoms with E-state index in [2.05, 4.69) is 27.4 Å². The van der Waals surface area contributed by atoms with Crippen LogP contribution in [0, 0.1) is 17.6 Å². The highest BCUT2D eigenvalue weighted by molar-refractivity contribution is 5.80. The van der Waals surface area contributed by atoms with E-state index < -0.39 is 11.6 Å². The molecule has 7 heteroatoms. The lowest BCUT2D eigenvalue weighted by atomic mass is 10.1. The van der Waals surface area contributed by atoms with E-state index in [4.69, 9.17) is 4.74 Å². The number of guanidine groups is 1. The first-order chi connectivity index (χ1) is 12.5. The molecule has 2 unspecified atom stereocenters. The molecule has 0 saturated carbocycles. The molecule has 2 N–H and O–H groups in total. The standard InChI is InChI=1S/C19H30F2N4O/c1-4-22-19(23-12-14(2)13-25-7-9-26-10-8-25)24-15(3)16-5-6-17(20)18(21)11-16/h5-6,11,14-15H,4,7-10,12-13H2,1-3H3,(H2,22,23,24). The number of halogens is 2. The molecule has 26 heavy (non-hydrogen) atoms. The van der Waals surface area contributed by atoms with Gasteiger partial charge in [-0.15, -0.1) is 0 Å². The van der Waals surface area contributed by atoms with Crippen LogP contribution >= 0.6 is 0 Å². The van der Waals surface area contributed by atoms with Crippen molar-refractivity contribution in [3.05, 3.63) is 35.4 Å². The summed E-state index contributed by atoms with van der Waals surface area (Å²) in [5.74, 6) is -0.573. The fourth-order valence-electron chi connectivity index (χ4n) is 2.92. The van der Waals surface area contributed by atoms with Gasteiger partial charge in [-0.3, -0.25) is 9.89 Å². The maximum atomic E-state index is 13.4. The van der Waals surface area contributed by atoms with E-state index in [0.717, 1.165) is 45.5 Å². The molecule has 2 atom stereocenters. The molecule has 0 spiro atoms. The molecule has 1 aliphatic rings. The van der Waals surface area contributed by atoms with Crippen molar-refractivity contribution in [3.8, 4) is 0 Å². The third-order valence-corrected chi connectivity index (χ3v) is 4.38. The maximum absolute atomic E-state index is 13.4. The minimum atomic E-state index is -0.836. The molecule has 1 fully saturated rings. The van der Waals surface area contributed by atoms with Crippen molar-refractivity contribution >= 4 is 5.96 Å². The van der Waals surface area contributed by atoms with Crippen LogP contribution in [-0.4, -0.2) is 56.8 Å². The summed E-state index contributed by atoms with van der Waals surface area (Å²) in [6, 6.07) is 3.77. The Balaban J connectivity index is 1.91. The molecular formula is C19H30F2N4O. The highest BCUT2D eigenvalue weighted by Crippen LogP contribution is 2.15. The van der Waals surface area contributed by atoms with Gasteiger partial charge < -0.3 is 15.4 Å². The van der Waals surface area contributed by atoms with Crippen molar-refractivity contribution in [2.45, 2.75) is 26.8 Å². The molecule has 1 heterocycles. The fraction of sp³-hybridized carbons (Fsp3) is 0.632. The molecule has 0 aliphatic carbocycles. The van der Waals surface area contributed by atoms with Crippen LogP contribution in [0.15, 0.2) is 23.2 Å². The van der Waals surface area contributed by atoms with E-state index in [1.54, 1.807) is 6.07 Å². The van der Waals surface area contributed by atoms with Crippen LogP contribution < -0.4 is 10.6 Å². The Labute approximate surface area is 154 Å². The lowest BCUT2D eigenvalue weighted by Crippen LogP contribution is -2.41. The van der Waals surface area contributed by atoms with Crippen molar-refractivity contribution in [2.75, 3.05) is 45.9 Å². The second-order valence-electron chi connectivity index (χ2n) is 6.78. The van der Waals surface area contributed by atoms with Gasteiger partial charge in [0.1, 0.15) is 0 Å². The molecule has 1 aromatic rings. The van der Waals surface area contributed by atoms with Gasteiger partial charge in [-0.1, -0.05) is 13.0 Å². The Morgan fingerprint density at radius 1 is 1.23 bits per heavy atom. The number of nitrogens with one attached hydrogen (secondary N) is 2. The van der Waals surface area contributed by atoms with E-state index in [-0.39, 0.29) is 6.04 Å². The van der Waals surface area contributed by atoms with E-state index in [1.807, 2.05) is 13.8 Å². The van der Waals surface area contributed by atoms with Gasteiger partial charge in [-0.25, -0.2) is 8.78 Å². The number of morpholine rings is 1. The van der Waals surface area contributed by atoms with Gasteiger partial charge in [-0.2, -0.15) is 0 Å². The Morgan fingerprint density at radius 2 is 1.96 bits per heavy atom. The zero-order valence-corrected chi connectivity index (χ0v) is 15.9. The second-order valence-corrected chi connectivity index (χ2v) is 6.78. The minimum absolute atomic E-state index is 0.183. The molecule has 2 rings (SSSR count). The second kappa shape index (κ2) is 10.4. The third-order valence-electron chi connectivity index (χ3n) is 4.38. The van der Waals surface area contributed by atoms with Crippen LogP contribution in [0.5, 0.6) is 0 Å². The Morgan fingerprint density at radius 3 is 2.62 bits per heavy atom. The molecule has 1 aliphatic heterocycles. The maximum Gasteiger partial charge on any atom is 0.191 e. The van der Waals surface area contributed by atoms with Gasteiger partial charge in [0, 0.05) is 32.7 Å². The number of nitrogens with zero attached hydrogens (tertiary/aromatic N) is 2. The Bertz CT molecular complexity index is 591. The first-order valence-corrected chi connectivity index (χ1v) is 9.29. The van der Waals surface area contributed by atoms with Crippen LogP contribution in [0.1, 0.15) is 32.4 Å². The molecule has 0 radical (unpaired) electrons. The predicted octanol–water partition coefficient (Wildman–Crippen LogP) is 2.55. The van der Waals surface area contributed by atoms with Crippen molar-refractivity contribution in [1.29, 1.82) is 0 Å². The van der Waals surface area contributed by atoms with Gasteiger partial charge in [-0.05, 0) is 37.5 Å². The lowest BCUT2D eigenvalue weighted by Gasteiger charge is -2.28. The molecule has 0 amide bonds. The zero-order valence-electron chi connectivity index (χ0n) is 15.9. The molecular weight excluding hydrogens is 338 g/mol. The lowest BCUT2D eigenvalue weighted by molar-refractivity contribution is 0.0323. The van der Waals surface area contributed by atoms with Gasteiger partial charge in [0.05, 0.1) is 19.3 Å². The number of hydrogen-bond acceptors (Lipinski definition) is 3. The summed E-state index contributed by atoms with van der Waals surface area (Å²) in [6.07, 6.45) is 0. The van der Waals surface area contributed by atoms with E-state index in [9.17, 15) is 8.78 Å². The van der Waals surface area contributed by atoms with E-state index in [0.29, 0.717) is 24.0 Å². The third kappa shape index (κ3) is 6.53. The largest absolute Gasteiger partial charge is 0.379 e. The molecule has 0 aromatic heterocycles. The highest BCUT2D eigenvalue weighted by atomic mass is 19.2. The van der Waals surface area contributed by atoms with E-state index in [1.165, 1.54) is 6.07 Å². The topological polar surface area (TPSA) is 48.9 Å². The minimum Gasteiger partial charge on any atom is -0.379 e. The summed E-state index contributed by atoms with van der Waals surface area (Å²) >= 11 is 0. The number of hydrogen-bond donors (Lipinski definition) is 2. The Hall–Kier alpha value is -1.73. The van der Waals surface area contributed by atoms with Gasteiger partial charge in [0.2, 0.25) is 0 Å². The number of ether oxygens (including phenoxy) is 1. The molecule has 1 aromatic carbocycles.